The van der Waals surface area contributed by atoms with Crippen LogP contribution in [-0.4, -0.2) is 5.11 Å². The topological polar surface area (TPSA) is 32.3 Å². The molecule has 1 unspecified atom stereocenters. The van der Waals surface area contributed by atoms with Gasteiger partial charge >= 0.3 is 0 Å². The van der Waals surface area contributed by atoms with Crippen molar-refractivity contribution in [2.24, 2.45) is 0 Å². The highest BCUT2D eigenvalue weighted by atomic mass is 16.3. The van der Waals surface area contributed by atoms with E-state index in [0.717, 1.165) is 19.3 Å². The summed E-state index contributed by atoms with van der Waals surface area (Å²) in [6.07, 6.45) is 3.17. The van der Waals surface area contributed by atoms with Crippen molar-refractivity contribution in [1.82, 2.24) is 0 Å². The van der Waals surface area contributed by atoms with E-state index in [1.165, 1.54) is 27.9 Å². The molecular weight excluding hydrogens is 246 g/mol. The minimum absolute atomic E-state index is 0.358. The van der Waals surface area contributed by atoms with E-state index in [0.29, 0.717) is 11.8 Å². The molecule has 0 amide bonds. The maximum Gasteiger partial charge on any atom is 0.115 e. The Labute approximate surface area is 120 Å². The Kier molecular flexibility index (Phi) is 3.39. The Bertz CT molecular complexity index is 633. The van der Waals surface area contributed by atoms with Gasteiger partial charge in [0.1, 0.15) is 5.75 Å². The molecule has 2 nitrogen and oxygen atoms in total. The highest BCUT2D eigenvalue weighted by Gasteiger charge is 2.23. The molecule has 0 spiro atoms. The van der Waals surface area contributed by atoms with Crippen molar-refractivity contribution in [2.45, 2.75) is 39.2 Å². The summed E-state index contributed by atoms with van der Waals surface area (Å²) in [5.41, 5.74) is 6.55. The number of hydrogen-bond donors (Lipinski definition) is 2. The van der Waals surface area contributed by atoms with Crippen LogP contribution in [0.3, 0.4) is 0 Å². The molecule has 20 heavy (non-hydrogen) atoms. The molecule has 0 aromatic heterocycles. The van der Waals surface area contributed by atoms with Crippen molar-refractivity contribution < 1.29 is 5.11 Å². The third kappa shape index (κ3) is 2.26. The molecule has 104 valence electrons. The zero-order chi connectivity index (χ0) is 14.1. The van der Waals surface area contributed by atoms with Gasteiger partial charge in [-0.05, 0) is 60.6 Å². The Morgan fingerprint density at radius 1 is 1.25 bits per heavy atom. The molecule has 1 atom stereocenters. The fraction of sp³-hybridized carbons (Fsp3) is 0.333. The molecule has 0 saturated carbocycles. The van der Waals surface area contributed by atoms with E-state index < -0.39 is 0 Å². The lowest BCUT2D eigenvalue weighted by Crippen LogP contribution is -2.10. The first-order chi connectivity index (χ1) is 9.69. The standard InChI is InChI=1S/C18H21NO/c1-3-13-6-4-5-12(2)18(13)19-17-10-7-14-11-15(20)8-9-16(14)17/h4-6,8-9,11,17,19-20H,3,7,10H2,1-2H3. The van der Waals surface area contributed by atoms with Gasteiger partial charge in [0.15, 0.2) is 0 Å². The van der Waals surface area contributed by atoms with Gasteiger partial charge in [0.05, 0.1) is 6.04 Å². The monoisotopic (exact) mass is 267 g/mol. The molecule has 2 aromatic carbocycles. The van der Waals surface area contributed by atoms with E-state index >= 15 is 0 Å². The van der Waals surface area contributed by atoms with E-state index in [9.17, 15) is 5.11 Å². The van der Waals surface area contributed by atoms with Gasteiger partial charge in [-0.15, -0.1) is 0 Å². The second-order valence-corrected chi connectivity index (χ2v) is 5.58. The van der Waals surface area contributed by atoms with E-state index in [1.807, 2.05) is 6.07 Å². The lowest BCUT2D eigenvalue weighted by atomic mass is 10.0. The van der Waals surface area contributed by atoms with Gasteiger partial charge in [0.2, 0.25) is 0 Å². The second-order valence-electron chi connectivity index (χ2n) is 5.58. The third-order valence-corrected chi connectivity index (χ3v) is 4.26. The SMILES string of the molecule is CCc1cccc(C)c1NC1CCc2cc(O)ccc21. The molecule has 2 aromatic rings. The summed E-state index contributed by atoms with van der Waals surface area (Å²) in [6.45, 7) is 4.36. The minimum atomic E-state index is 0.358. The average Bonchev–Trinajstić information content (AvgIpc) is 2.83. The van der Waals surface area contributed by atoms with Gasteiger partial charge in [0.25, 0.3) is 0 Å². The van der Waals surface area contributed by atoms with Crippen LogP contribution in [0.2, 0.25) is 0 Å². The number of benzene rings is 2. The molecule has 0 heterocycles. The number of aromatic hydroxyl groups is 1. The number of nitrogens with one attached hydrogen (secondary N) is 1. The van der Waals surface area contributed by atoms with Crippen molar-refractivity contribution >= 4 is 5.69 Å². The molecule has 2 N–H and O–H groups in total. The summed E-state index contributed by atoms with van der Waals surface area (Å²) in [4.78, 5) is 0. The number of phenols is 1. The van der Waals surface area contributed by atoms with Crippen LogP contribution in [0.5, 0.6) is 5.75 Å². The molecular formula is C18H21NO. The minimum Gasteiger partial charge on any atom is -0.508 e. The van der Waals surface area contributed by atoms with Crippen molar-refractivity contribution in [3.63, 3.8) is 0 Å². The first-order valence-corrected chi connectivity index (χ1v) is 7.36. The maximum absolute atomic E-state index is 9.58. The van der Waals surface area contributed by atoms with Crippen LogP contribution in [-0.2, 0) is 12.8 Å². The molecule has 2 heteroatoms. The highest BCUT2D eigenvalue weighted by molar-refractivity contribution is 5.59. The zero-order valence-electron chi connectivity index (χ0n) is 12.1. The van der Waals surface area contributed by atoms with Crippen LogP contribution in [0.4, 0.5) is 5.69 Å². The van der Waals surface area contributed by atoms with E-state index in [-0.39, 0.29) is 0 Å². The van der Waals surface area contributed by atoms with Crippen molar-refractivity contribution in [2.75, 3.05) is 5.32 Å². The van der Waals surface area contributed by atoms with Crippen molar-refractivity contribution in [3.05, 3.63) is 58.7 Å². The van der Waals surface area contributed by atoms with Gasteiger partial charge in [-0.2, -0.15) is 0 Å². The molecule has 0 fully saturated rings. The lowest BCUT2D eigenvalue weighted by molar-refractivity contribution is 0.474. The van der Waals surface area contributed by atoms with Gasteiger partial charge in [-0.3, -0.25) is 0 Å². The van der Waals surface area contributed by atoms with Crippen LogP contribution in [0, 0.1) is 6.92 Å². The smallest absolute Gasteiger partial charge is 0.115 e. The Morgan fingerprint density at radius 3 is 2.90 bits per heavy atom. The van der Waals surface area contributed by atoms with Gasteiger partial charge < -0.3 is 10.4 Å². The van der Waals surface area contributed by atoms with Crippen LogP contribution < -0.4 is 5.32 Å². The quantitative estimate of drug-likeness (QED) is 0.866. The number of fused-ring (bicyclic) bond motifs is 1. The lowest BCUT2D eigenvalue weighted by Gasteiger charge is -2.20. The summed E-state index contributed by atoms with van der Waals surface area (Å²) < 4.78 is 0. The number of aryl methyl sites for hydroxylation is 3. The van der Waals surface area contributed by atoms with Crippen molar-refractivity contribution in [1.29, 1.82) is 0 Å². The van der Waals surface area contributed by atoms with Crippen LogP contribution in [0.25, 0.3) is 0 Å². The Morgan fingerprint density at radius 2 is 2.10 bits per heavy atom. The molecule has 0 saturated heterocycles. The number of rotatable bonds is 3. The Balaban J connectivity index is 1.91. The van der Waals surface area contributed by atoms with E-state index in [4.69, 9.17) is 0 Å². The fourth-order valence-corrected chi connectivity index (χ4v) is 3.16. The molecule has 0 bridgehead atoms. The van der Waals surface area contributed by atoms with Gasteiger partial charge in [-0.25, -0.2) is 0 Å². The Hall–Kier alpha value is -1.96. The first kappa shape index (κ1) is 13.0. The molecule has 0 aliphatic heterocycles. The molecule has 1 aliphatic rings. The van der Waals surface area contributed by atoms with Gasteiger partial charge in [0, 0.05) is 5.69 Å². The molecule has 0 radical (unpaired) electrons. The number of phenolic OH excluding ortho intramolecular Hbond substituents is 1. The largest absolute Gasteiger partial charge is 0.508 e. The normalized spacial score (nSPS) is 17.0. The van der Waals surface area contributed by atoms with E-state index in [1.54, 1.807) is 6.07 Å². The fourth-order valence-electron chi connectivity index (χ4n) is 3.16. The summed E-state index contributed by atoms with van der Waals surface area (Å²) in [5, 5.41) is 13.3. The van der Waals surface area contributed by atoms with E-state index in [2.05, 4.69) is 43.4 Å². The number of anilines is 1. The number of para-hydroxylation sites is 1. The average molecular weight is 267 g/mol. The molecule has 1 aliphatic carbocycles. The summed E-state index contributed by atoms with van der Waals surface area (Å²) >= 11 is 0. The first-order valence-electron chi connectivity index (χ1n) is 7.36. The van der Waals surface area contributed by atoms with Crippen LogP contribution in [0.1, 0.15) is 41.6 Å². The summed E-state index contributed by atoms with van der Waals surface area (Å²) in [6, 6.07) is 12.6. The zero-order valence-corrected chi connectivity index (χ0v) is 12.1. The van der Waals surface area contributed by atoms with Crippen LogP contribution in [0.15, 0.2) is 36.4 Å². The second kappa shape index (κ2) is 5.20. The summed E-state index contributed by atoms with van der Waals surface area (Å²) in [7, 11) is 0. The van der Waals surface area contributed by atoms with Crippen molar-refractivity contribution in [3.8, 4) is 5.75 Å². The van der Waals surface area contributed by atoms with Gasteiger partial charge in [-0.1, -0.05) is 31.2 Å². The highest BCUT2D eigenvalue weighted by Crippen LogP contribution is 2.37. The number of hydrogen-bond acceptors (Lipinski definition) is 2. The van der Waals surface area contributed by atoms with Crippen LogP contribution >= 0.6 is 0 Å². The maximum atomic E-state index is 9.58. The predicted molar refractivity (Wildman–Crippen MR) is 83.3 cm³/mol. The molecule has 3 rings (SSSR count). The predicted octanol–water partition coefficient (Wildman–Crippen LogP) is 4.36. The third-order valence-electron chi connectivity index (χ3n) is 4.26. The summed E-state index contributed by atoms with van der Waals surface area (Å²) in [5.74, 6) is 0.370.